The van der Waals surface area contributed by atoms with Crippen molar-refractivity contribution in [3.8, 4) is 11.4 Å². The fourth-order valence-corrected chi connectivity index (χ4v) is 3.68. The second-order valence-corrected chi connectivity index (χ2v) is 7.38. The van der Waals surface area contributed by atoms with E-state index in [9.17, 15) is 4.79 Å². The van der Waals surface area contributed by atoms with Gasteiger partial charge in [-0.3, -0.25) is 4.57 Å². The number of rotatable bonds is 6. The molecular weight excluding hydrogens is 420 g/mol. The Bertz CT molecular complexity index is 1290. The SMILES string of the molecule is COCC(C)OC(=O)c1c(N)n(-c2ccc(OC)c(Cl)c2)c2nc3ccccc3nc12. The van der Waals surface area contributed by atoms with E-state index in [4.69, 9.17) is 36.5 Å². The number of methoxy groups -OCH3 is 2. The summed E-state index contributed by atoms with van der Waals surface area (Å²) in [6, 6.07) is 12.6. The Morgan fingerprint density at radius 1 is 1.16 bits per heavy atom. The smallest absolute Gasteiger partial charge is 0.344 e. The molecule has 1 atom stereocenters. The summed E-state index contributed by atoms with van der Waals surface area (Å²) in [6.45, 7) is 1.99. The number of esters is 1. The molecule has 0 bridgehead atoms. The van der Waals surface area contributed by atoms with Crippen LogP contribution in [0.2, 0.25) is 5.02 Å². The van der Waals surface area contributed by atoms with Crippen LogP contribution in [0.5, 0.6) is 5.75 Å². The number of nitrogen functional groups attached to an aromatic ring is 1. The van der Waals surface area contributed by atoms with Crippen LogP contribution in [-0.2, 0) is 9.47 Å². The van der Waals surface area contributed by atoms with Crippen LogP contribution in [0.1, 0.15) is 17.3 Å². The summed E-state index contributed by atoms with van der Waals surface area (Å²) < 4.78 is 17.4. The van der Waals surface area contributed by atoms with E-state index in [0.29, 0.717) is 38.7 Å². The van der Waals surface area contributed by atoms with Crippen LogP contribution in [0.4, 0.5) is 5.82 Å². The third-order valence-electron chi connectivity index (χ3n) is 4.81. The average Bonchev–Trinajstić information content (AvgIpc) is 3.02. The highest BCUT2D eigenvalue weighted by atomic mass is 35.5. The predicted molar refractivity (Wildman–Crippen MR) is 119 cm³/mol. The quantitative estimate of drug-likeness (QED) is 0.452. The number of nitrogens with zero attached hydrogens (tertiary/aromatic N) is 3. The summed E-state index contributed by atoms with van der Waals surface area (Å²) in [6.07, 6.45) is -0.459. The number of anilines is 1. The largest absolute Gasteiger partial charge is 0.495 e. The minimum absolute atomic E-state index is 0.142. The highest BCUT2D eigenvalue weighted by Crippen LogP contribution is 2.34. The molecule has 1 unspecified atom stereocenters. The van der Waals surface area contributed by atoms with Crippen LogP contribution >= 0.6 is 11.6 Å². The number of aromatic nitrogens is 3. The van der Waals surface area contributed by atoms with Crippen LogP contribution in [0.3, 0.4) is 0 Å². The van der Waals surface area contributed by atoms with Crippen LogP contribution in [-0.4, -0.2) is 47.4 Å². The lowest BCUT2D eigenvalue weighted by Crippen LogP contribution is -2.20. The van der Waals surface area contributed by atoms with Gasteiger partial charge in [0, 0.05) is 7.11 Å². The maximum Gasteiger partial charge on any atom is 0.344 e. The number of halogens is 1. The number of para-hydroxylation sites is 2. The van der Waals surface area contributed by atoms with E-state index >= 15 is 0 Å². The molecule has 2 aromatic carbocycles. The standard InChI is InChI=1S/C22H21ClN4O4/c1-12(11-29-2)31-22(28)18-19-21(26-16-7-5-4-6-15(16)25-19)27(20(18)24)13-8-9-17(30-3)14(23)10-13/h4-10,12H,11,24H2,1-3H3. The zero-order valence-corrected chi connectivity index (χ0v) is 18.0. The van der Waals surface area contributed by atoms with Gasteiger partial charge in [-0.2, -0.15) is 0 Å². The molecular formula is C22H21ClN4O4. The van der Waals surface area contributed by atoms with Gasteiger partial charge < -0.3 is 19.9 Å². The van der Waals surface area contributed by atoms with E-state index in [1.54, 1.807) is 29.7 Å². The molecule has 0 spiro atoms. The molecule has 0 saturated carbocycles. The van der Waals surface area contributed by atoms with Gasteiger partial charge in [-0.15, -0.1) is 0 Å². The van der Waals surface area contributed by atoms with Crippen molar-refractivity contribution in [2.75, 3.05) is 26.6 Å². The molecule has 4 rings (SSSR count). The summed E-state index contributed by atoms with van der Waals surface area (Å²) in [5, 5.41) is 0.396. The van der Waals surface area contributed by atoms with Crippen LogP contribution in [0.25, 0.3) is 27.9 Å². The van der Waals surface area contributed by atoms with Gasteiger partial charge in [0.1, 0.15) is 28.8 Å². The maximum absolute atomic E-state index is 13.0. The normalized spacial score (nSPS) is 12.3. The van der Waals surface area contributed by atoms with Gasteiger partial charge in [-0.05, 0) is 37.3 Å². The summed E-state index contributed by atoms with van der Waals surface area (Å²) in [7, 11) is 3.07. The number of carbonyl (C=O) groups is 1. The molecule has 9 heteroatoms. The van der Waals surface area contributed by atoms with Crippen molar-refractivity contribution in [3.63, 3.8) is 0 Å². The summed E-state index contributed by atoms with van der Waals surface area (Å²) in [4.78, 5) is 22.4. The predicted octanol–water partition coefficient (Wildman–Crippen LogP) is 4.01. The molecule has 0 amide bonds. The third kappa shape index (κ3) is 3.75. The minimum Gasteiger partial charge on any atom is -0.495 e. The maximum atomic E-state index is 13.0. The Hall–Kier alpha value is -3.36. The Labute approximate surface area is 183 Å². The lowest BCUT2D eigenvalue weighted by molar-refractivity contribution is 0.0123. The molecule has 31 heavy (non-hydrogen) atoms. The van der Waals surface area contributed by atoms with E-state index in [1.165, 1.54) is 14.2 Å². The number of benzene rings is 2. The van der Waals surface area contributed by atoms with Gasteiger partial charge in [0.2, 0.25) is 0 Å². The van der Waals surface area contributed by atoms with Crippen LogP contribution < -0.4 is 10.5 Å². The van der Waals surface area contributed by atoms with Crippen molar-refractivity contribution in [1.29, 1.82) is 0 Å². The molecule has 0 aliphatic carbocycles. The first kappa shape index (κ1) is 20.9. The van der Waals surface area contributed by atoms with Gasteiger partial charge in [0.05, 0.1) is 35.5 Å². The van der Waals surface area contributed by atoms with Gasteiger partial charge in [-0.25, -0.2) is 14.8 Å². The third-order valence-corrected chi connectivity index (χ3v) is 5.10. The second kappa shape index (κ2) is 8.41. The van der Waals surface area contributed by atoms with Gasteiger partial charge in [0.15, 0.2) is 5.65 Å². The molecule has 2 heterocycles. The molecule has 160 valence electrons. The van der Waals surface area contributed by atoms with Crippen LogP contribution in [0, 0.1) is 0 Å². The monoisotopic (exact) mass is 440 g/mol. The fraction of sp³-hybridized carbons (Fsp3) is 0.227. The Kier molecular flexibility index (Phi) is 5.67. The fourth-order valence-electron chi connectivity index (χ4n) is 3.43. The molecule has 0 aliphatic rings. The molecule has 4 aromatic rings. The molecule has 0 saturated heterocycles. The topological polar surface area (TPSA) is 101 Å². The van der Waals surface area contributed by atoms with Crippen molar-refractivity contribution < 1.29 is 19.0 Å². The van der Waals surface area contributed by atoms with Crippen molar-refractivity contribution in [2.24, 2.45) is 0 Å². The average molecular weight is 441 g/mol. The Morgan fingerprint density at radius 2 is 1.87 bits per heavy atom. The Morgan fingerprint density at radius 3 is 2.52 bits per heavy atom. The molecule has 2 N–H and O–H groups in total. The summed E-state index contributed by atoms with van der Waals surface area (Å²) in [5.74, 6) is 0.0705. The van der Waals surface area contributed by atoms with E-state index in [2.05, 4.69) is 4.98 Å². The number of ether oxygens (including phenoxy) is 3. The highest BCUT2D eigenvalue weighted by molar-refractivity contribution is 6.32. The second-order valence-electron chi connectivity index (χ2n) is 6.97. The first-order chi connectivity index (χ1) is 14.9. The zero-order valence-electron chi connectivity index (χ0n) is 17.3. The molecule has 8 nitrogen and oxygen atoms in total. The first-order valence-corrected chi connectivity index (χ1v) is 9.93. The molecule has 0 aliphatic heterocycles. The minimum atomic E-state index is -0.602. The number of hydrogen-bond acceptors (Lipinski definition) is 7. The number of hydrogen-bond donors (Lipinski definition) is 1. The zero-order chi connectivity index (χ0) is 22.1. The first-order valence-electron chi connectivity index (χ1n) is 9.55. The summed E-state index contributed by atoms with van der Waals surface area (Å²) >= 11 is 6.33. The summed E-state index contributed by atoms with van der Waals surface area (Å²) in [5.41, 5.74) is 9.28. The van der Waals surface area contributed by atoms with Crippen molar-refractivity contribution in [1.82, 2.24) is 14.5 Å². The van der Waals surface area contributed by atoms with Gasteiger partial charge in [0.25, 0.3) is 0 Å². The van der Waals surface area contributed by atoms with E-state index in [1.807, 2.05) is 24.3 Å². The number of nitrogens with two attached hydrogens (primary N) is 1. The van der Waals surface area contributed by atoms with Crippen LogP contribution in [0.15, 0.2) is 42.5 Å². The van der Waals surface area contributed by atoms with Gasteiger partial charge >= 0.3 is 5.97 Å². The molecule has 2 aromatic heterocycles. The van der Waals surface area contributed by atoms with E-state index in [0.717, 1.165) is 0 Å². The Balaban J connectivity index is 1.97. The lowest BCUT2D eigenvalue weighted by Gasteiger charge is -2.12. The van der Waals surface area contributed by atoms with Gasteiger partial charge in [-0.1, -0.05) is 23.7 Å². The van der Waals surface area contributed by atoms with E-state index in [-0.39, 0.29) is 18.0 Å². The van der Waals surface area contributed by atoms with E-state index < -0.39 is 12.1 Å². The van der Waals surface area contributed by atoms with Crippen molar-refractivity contribution in [2.45, 2.75) is 13.0 Å². The highest BCUT2D eigenvalue weighted by Gasteiger charge is 2.27. The van der Waals surface area contributed by atoms with Crippen molar-refractivity contribution >= 4 is 45.6 Å². The lowest BCUT2D eigenvalue weighted by atomic mass is 10.2. The van der Waals surface area contributed by atoms with Crippen molar-refractivity contribution in [3.05, 3.63) is 53.1 Å². The number of carbonyl (C=O) groups excluding carboxylic acids is 1. The number of fused-ring (bicyclic) bond motifs is 2. The molecule has 0 radical (unpaired) electrons. The molecule has 0 fully saturated rings.